The van der Waals surface area contributed by atoms with E-state index in [1.807, 2.05) is 17.7 Å². The second kappa shape index (κ2) is 15.4. The van der Waals surface area contributed by atoms with Crippen LogP contribution >= 0.6 is 15.9 Å². The monoisotopic (exact) mass is 810 g/mol. The number of amides is 1. The number of rotatable bonds is 11. The molecule has 2 saturated carbocycles. The third-order valence-electron chi connectivity index (χ3n) is 9.03. The summed E-state index contributed by atoms with van der Waals surface area (Å²) < 4.78 is 85.2. The van der Waals surface area contributed by atoms with Crippen molar-refractivity contribution >= 4 is 44.6 Å². The molecule has 1 amide bonds. The predicted octanol–water partition coefficient (Wildman–Crippen LogP) is 9.05. The SMILES string of the molecule is CC(C)C(N)=O.Cc1nn(C(C)(C)C)c2nc(N(CC3CC3)CC3CC3)c(CN(Cc3cc(C(F)(F)F)cc(C(F)(F)F)c3)c3ncc(Br)cn3)cc12. The van der Waals surface area contributed by atoms with Gasteiger partial charge in [-0.1, -0.05) is 13.8 Å². The van der Waals surface area contributed by atoms with Gasteiger partial charge in [0.25, 0.3) is 0 Å². The van der Waals surface area contributed by atoms with E-state index < -0.39 is 23.5 Å². The molecule has 3 heterocycles. The van der Waals surface area contributed by atoms with Gasteiger partial charge in [-0.25, -0.2) is 19.6 Å². The molecule has 16 heteroatoms. The van der Waals surface area contributed by atoms with Crippen molar-refractivity contribution in [2.75, 3.05) is 22.9 Å². The zero-order chi connectivity index (χ0) is 39.0. The van der Waals surface area contributed by atoms with Gasteiger partial charge in [0.2, 0.25) is 11.9 Å². The zero-order valence-corrected chi connectivity index (χ0v) is 32.2. The first-order valence-electron chi connectivity index (χ1n) is 17.5. The molecule has 0 radical (unpaired) electrons. The van der Waals surface area contributed by atoms with Crippen LogP contribution in [0.3, 0.4) is 0 Å². The van der Waals surface area contributed by atoms with Gasteiger partial charge in [-0.2, -0.15) is 31.4 Å². The summed E-state index contributed by atoms with van der Waals surface area (Å²) in [4.78, 5) is 27.9. The number of nitrogens with two attached hydrogens (primary N) is 1. The Kier molecular flexibility index (Phi) is 11.7. The number of pyridine rings is 1. The molecule has 9 nitrogen and oxygen atoms in total. The molecule has 2 N–H and O–H groups in total. The minimum Gasteiger partial charge on any atom is -0.369 e. The fourth-order valence-electron chi connectivity index (χ4n) is 5.75. The normalized spacial score (nSPS) is 15.1. The lowest BCUT2D eigenvalue weighted by molar-refractivity contribution is -0.143. The van der Waals surface area contributed by atoms with Crippen LogP contribution in [0.1, 0.15) is 88.2 Å². The first kappa shape index (κ1) is 40.2. The van der Waals surface area contributed by atoms with Crippen molar-refractivity contribution in [3.8, 4) is 0 Å². The van der Waals surface area contributed by atoms with Gasteiger partial charge in [-0.05, 0) is 111 Å². The fraction of sp³-hybridized carbons (Fsp3) is 0.541. The van der Waals surface area contributed by atoms with Gasteiger partial charge in [0.1, 0.15) is 5.82 Å². The van der Waals surface area contributed by atoms with Crippen molar-refractivity contribution in [3.63, 3.8) is 0 Å². The molecular weight excluding hydrogens is 766 g/mol. The van der Waals surface area contributed by atoms with E-state index in [0.29, 0.717) is 16.3 Å². The van der Waals surface area contributed by atoms with Crippen LogP contribution in [0.25, 0.3) is 11.0 Å². The molecule has 0 spiro atoms. The Balaban J connectivity index is 0.000000833. The van der Waals surface area contributed by atoms with Crippen LogP contribution in [0.4, 0.5) is 38.1 Å². The molecular formula is C37H45BrF6N8O. The number of aromatic nitrogens is 5. The lowest BCUT2D eigenvalue weighted by Gasteiger charge is -2.30. The quantitative estimate of drug-likeness (QED) is 0.151. The smallest absolute Gasteiger partial charge is 0.369 e. The number of alkyl halides is 6. The minimum atomic E-state index is -4.96. The molecule has 2 fully saturated rings. The number of fused-ring (bicyclic) bond motifs is 1. The Bertz CT molecular complexity index is 1870. The Labute approximate surface area is 313 Å². The molecule has 288 valence electrons. The van der Waals surface area contributed by atoms with E-state index >= 15 is 0 Å². The Morgan fingerprint density at radius 2 is 1.40 bits per heavy atom. The van der Waals surface area contributed by atoms with Gasteiger partial charge in [0, 0.05) is 55.4 Å². The number of carbonyl (C=O) groups excluding carboxylic acids is 1. The number of carbonyl (C=O) groups is 1. The molecule has 1 aromatic carbocycles. The summed E-state index contributed by atoms with van der Waals surface area (Å²) in [6, 6.07) is 3.66. The van der Waals surface area contributed by atoms with Crippen molar-refractivity contribution in [2.24, 2.45) is 23.5 Å². The maximum Gasteiger partial charge on any atom is 0.416 e. The summed E-state index contributed by atoms with van der Waals surface area (Å²) in [6.07, 6.45) is -2.41. The highest BCUT2D eigenvalue weighted by Gasteiger charge is 2.37. The van der Waals surface area contributed by atoms with E-state index in [0.717, 1.165) is 79.0 Å². The molecule has 0 unspecified atom stereocenters. The van der Waals surface area contributed by atoms with Gasteiger partial charge >= 0.3 is 12.4 Å². The third kappa shape index (κ3) is 10.6. The topological polar surface area (TPSA) is 106 Å². The van der Waals surface area contributed by atoms with Gasteiger partial charge in [0.15, 0.2) is 5.65 Å². The van der Waals surface area contributed by atoms with Crippen molar-refractivity contribution in [1.29, 1.82) is 0 Å². The maximum atomic E-state index is 13.8. The molecule has 2 aliphatic rings. The van der Waals surface area contributed by atoms with Gasteiger partial charge in [-0.3, -0.25) is 4.79 Å². The molecule has 6 rings (SSSR count). The number of nitrogens with zero attached hydrogens (tertiary/aromatic N) is 7. The number of hydrogen-bond acceptors (Lipinski definition) is 7. The number of anilines is 2. The van der Waals surface area contributed by atoms with Gasteiger partial charge < -0.3 is 15.5 Å². The summed E-state index contributed by atoms with van der Waals surface area (Å²) >= 11 is 3.31. The first-order valence-corrected chi connectivity index (χ1v) is 18.3. The lowest BCUT2D eigenvalue weighted by atomic mass is 10.0. The highest BCUT2D eigenvalue weighted by atomic mass is 79.9. The zero-order valence-electron chi connectivity index (χ0n) is 30.6. The first-order chi connectivity index (χ1) is 24.6. The predicted molar refractivity (Wildman–Crippen MR) is 195 cm³/mol. The Hall–Kier alpha value is -3.95. The molecule has 0 atom stereocenters. The third-order valence-corrected chi connectivity index (χ3v) is 9.44. The highest BCUT2D eigenvalue weighted by molar-refractivity contribution is 9.10. The van der Waals surface area contributed by atoms with Crippen molar-refractivity contribution in [1.82, 2.24) is 24.7 Å². The highest BCUT2D eigenvalue weighted by Crippen LogP contribution is 2.40. The van der Waals surface area contributed by atoms with Crippen LogP contribution in [-0.2, 0) is 35.8 Å². The standard InChI is InChI=1S/C33H36BrF6N7.C4H9NO/c1-19-27-11-23(28(43-29(27)47(44-19)31(2,3)4)45(15-20-5-6-20)16-21-7-8-21)18-46(30-41-13-26(34)14-42-30)17-22-9-24(32(35,36)37)12-25(10-22)33(38,39)40;1-3(2)4(5)6/h9-14,20-21H,5-8,15-18H2,1-4H3;3H,1-2H3,(H2,5,6). The van der Waals surface area contributed by atoms with Crippen LogP contribution in [-0.4, -0.2) is 43.7 Å². The molecule has 0 saturated heterocycles. The summed E-state index contributed by atoms with van der Waals surface area (Å²) in [5.74, 6) is 1.74. The summed E-state index contributed by atoms with van der Waals surface area (Å²) in [6.45, 7) is 13.0. The van der Waals surface area contributed by atoms with E-state index in [4.69, 9.17) is 15.8 Å². The summed E-state index contributed by atoms with van der Waals surface area (Å²) in [5, 5.41) is 5.63. The van der Waals surface area contributed by atoms with Crippen molar-refractivity contribution in [3.05, 3.63) is 69.1 Å². The van der Waals surface area contributed by atoms with Crippen LogP contribution in [0.15, 0.2) is 41.1 Å². The van der Waals surface area contributed by atoms with Crippen LogP contribution in [0.5, 0.6) is 0 Å². The average molecular weight is 812 g/mol. The number of benzene rings is 1. The number of aryl methyl sites for hydroxylation is 1. The maximum absolute atomic E-state index is 13.8. The largest absolute Gasteiger partial charge is 0.416 e. The van der Waals surface area contributed by atoms with E-state index in [9.17, 15) is 31.1 Å². The number of halogens is 7. The van der Waals surface area contributed by atoms with E-state index in [1.54, 1.807) is 18.7 Å². The average Bonchev–Trinajstić information content (AvgIpc) is 4.00. The fourth-order valence-corrected chi connectivity index (χ4v) is 5.95. The molecule has 3 aromatic heterocycles. The molecule has 0 bridgehead atoms. The minimum absolute atomic E-state index is 0.00926. The Morgan fingerprint density at radius 1 is 0.887 bits per heavy atom. The Morgan fingerprint density at radius 3 is 1.83 bits per heavy atom. The second-order valence-electron chi connectivity index (χ2n) is 15.3. The summed E-state index contributed by atoms with van der Waals surface area (Å²) in [5.41, 5.74) is 3.80. The van der Waals surface area contributed by atoms with Gasteiger partial charge in [0.05, 0.1) is 26.8 Å². The van der Waals surface area contributed by atoms with E-state index in [-0.39, 0.29) is 48.0 Å². The van der Waals surface area contributed by atoms with Gasteiger partial charge in [-0.15, -0.1) is 0 Å². The van der Waals surface area contributed by atoms with Crippen LogP contribution in [0, 0.1) is 24.7 Å². The van der Waals surface area contributed by atoms with Crippen LogP contribution in [0.2, 0.25) is 0 Å². The van der Waals surface area contributed by atoms with E-state index in [2.05, 4.69) is 51.6 Å². The molecule has 0 aliphatic heterocycles. The molecule has 53 heavy (non-hydrogen) atoms. The molecule has 4 aromatic rings. The lowest BCUT2D eigenvalue weighted by Crippen LogP contribution is -2.32. The number of hydrogen-bond donors (Lipinski definition) is 1. The van der Waals surface area contributed by atoms with Crippen LogP contribution < -0.4 is 15.5 Å². The van der Waals surface area contributed by atoms with Crippen molar-refractivity contribution in [2.45, 2.75) is 98.2 Å². The van der Waals surface area contributed by atoms with Crippen molar-refractivity contribution < 1.29 is 31.1 Å². The van der Waals surface area contributed by atoms with E-state index in [1.165, 1.54) is 12.4 Å². The second-order valence-corrected chi connectivity index (χ2v) is 16.2. The summed E-state index contributed by atoms with van der Waals surface area (Å²) in [7, 11) is 0. The molecule has 2 aliphatic carbocycles. The number of primary amides is 1.